The molecule has 216 valence electrons. The maximum absolute atomic E-state index is 11.9. The number of amides is 1. The van der Waals surface area contributed by atoms with Crippen molar-refractivity contribution in [1.29, 1.82) is 0 Å². The molecule has 1 saturated heterocycles. The third kappa shape index (κ3) is 6.25. The van der Waals surface area contributed by atoms with E-state index in [1.165, 1.54) is 12.4 Å². The topological polar surface area (TPSA) is 137 Å². The predicted molar refractivity (Wildman–Crippen MR) is 163 cm³/mol. The number of likely N-dealkylation sites (tertiary alicyclic amines) is 1. The molecular weight excluding hydrogens is 534 g/mol. The summed E-state index contributed by atoms with van der Waals surface area (Å²) >= 11 is 0. The molecule has 0 radical (unpaired) electrons. The van der Waals surface area contributed by atoms with Crippen molar-refractivity contribution in [1.82, 2.24) is 19.9 Å². The predicted octanol–water partition coefficient (Wildman–Crippen LogP) is 5.06. The molecule has 0 unspecified atom stereocenters. The third-order valence-electron chi connectivity index (χ3n) is 6.96. The number of pyridine rings is 1. The molecule has 11 nitrogen and oxygen atoms in total. The van der Waals surface area contributed by atoms with Crippen LogP contribution in [-0.2, 0) is 4.79 Å². The number of aromatic nitrogens is 3. The van der Waals surface area contributed by atoms with Gasteiger partial charge in [0.2, 0.25) is 5.91 Å². The Balaban J connectivity index is 1.34. The van der Waals surface area contributed by atoms with E-state index in [0.29, 0.717) is 71.6 Å². The van der Waals surface area contributed by atoms with Crippen LogP contribution in [0.5, 0.6) is 23.1 Å². The summed E-state index contributed by atoms with van der Waals surface area (Å²) in [5, 5.41) is 3.35. The second kappa shape index (κ2) is 12.5. The molecule has 4 aromatic rings. The molecule has 2 aromatic heterocycles. The van der Waals surface area contributed by atoms with Gasteiger partial charge in [0.25, 0.3) is 5.88 Å². The second-order valence-electron chi connectivity index (χ2n) is 9.82. The lowest BCUT2D eigenvalue weighted by Gasteiger charge is -2.31. The smallest absolute Gasteiger partial charge is 0.258 e. The Morgan fingerprint density at radius 2 is 1.95 bits per heavy atom. The quantitative estimate of drug-likeness (QED) is 0.161. The average Bonchev–Trinajstić information content (AvgIpc) is 3.00. The Bertz CT molecular complexity index is 1650. The van der Waals surface area contributed by atoms with E-state index in [0.717, 1.165) is 16.8 Å². The van der Waals surface area contributed by atoms with Crippen LogP contribution in [0, 0.1) is 6.92 Å². The minimum atomic E-state index is -0.111. The number of aryl methyl sites for hydroxylation is 1. The molecule has 3 heterocycles. The van der Waals surface area contributed by atoms with Gasteiger partial charge < -0.3 is 30.2 Å². The van der Waals surface area contributed by atoms with Crippen LogP contribution in [0.2, 0.25) is 0 Å². The number of carbonyl (C=O) groups excluding carboxylic acids is 1. The lowest BCUT2D eigenvalue weighted by molar-refractivity contribution is -0.127. The van der Waals surface area contributed by atoms with Crippen molar-refractivity contribution in [2.75, 3.05) is 38.3 Å². The summed E-state index contributed by atoms with van der Waals surface area (Å²) < 4.78 is 17.9. The summed E-state index contributed by atoms with van der Waals surface area (Å²) in [5.74, 6) is 2.61. The van der Waals surface area contributed by atoms with E-state index in [1.807, 2.05) is 37.3 Å². The molecule has 1 amide bonds. The van der Waals surface area contributed by atoms with Gasteiger partial charge in [0.1, 0.15) is 29.4 Å². The van der Waals surface area contributed by atoms with Gasteiger partial charge in [-0.3, -0.25) is 9.79 Å². The maximum atomic E-state index is 11.9. The number of hydrogen-bond acceptors (Lipinski definition) is 10. The van der Waals surface area contributed by atoms with Gasteiger partial charge in [-0.15, -0.1) is 0 Å². The molecule has 1 fully saturated rings. The molecule has 0 bridgehead atoms. The standard InChI is InChI=1S/C31H33N7O4/c1-5-28(39)38-12-10-22(11-13-38)42-31-27(40-4)16-25-29(37-31)30(35-18-34-25)36-21-7-9-26(19(2)14-21)41-23-8-6-20(17-33-3)24(32)15-23/h5-9,14-18,22H,1,10-13,32H2,2-4H3,(H,34,35,36). The lowest BCUT2D eigenvalue weighted by atomic mass is 10.1. The van der Waals surface area contributed by atoms with Crippen molar-refractivity contribution in [3.63, 3.8) is 0 Å². The molecule has 11 heteroatoms. The summed E-state index contributed by atoms with van der Waals surface area (Å²) in [6, 6.07) is 13.0. The van der Waals surface area contributed by atoms with Crippen LogP contribution >= 0.6 is 0 Å². The van der Waals surface area contributed by atoms with Crippen LogP contribution < -0.4 is 25.3 Å². The Morgan fingerprint density at radius 1 is 1.14 bits per heavy atom. The largest absolute Gasteiger partial charge is 0.491 e. The maximum Gasteiger partial charge on any atom is 0.258 e. The number of nitrogens with one attached hydrogen (secondary N) is 1. The summed E-state index contributed by atoms with van der Waals surface area (Å²) in [5.41, 5.74) is 10.4. The zero-order valence-corrected chi connectivity index (χ0v) is 23.8. The molecule has 1 aliphatic rings. The number of nitrogen functional groups attached to an aromatic ring is 1. The Labute approximate surface area is 244 Å². The number of nitrogens with two attached hydrogens (primary N) is 1. The summed E-state index contributed by atoms with van der Waals surface area (Å²) in [6.45, 7) is 6.71. The first kappa shape index (κ1) is 28.3. The van der Waals surface area contributed by atoms with Crippen LogP contribution in [0.3, 0.4) is 0 Å². The molecule has 0 aliphatic carbocycles. The van der Waals surface area contributed by atoms with Crippen LogP contribution in [-0.4, -0.2) is 65.3 Å². The molecule has 0 spiro atoms. The van der Waals surface area contributed by atoms with Gasteiger partial charge in [-0.2, -0.15) is 0 Å². The molecule has 0 atom stereocenters. The third-order valence-corrected chi connectivity index (χ3v) is 6.96. The van der Waals surface area contributed by atoms with Crippen LogP contribution in [0.1, 0.15) is 24.0 Å². The van der Waals surface area contributed by atoms with Gasteiger partial charge in [-0.25, -0.2) is 15.0 Å². The number of nitrogens with zero attached hydrogens (tertiary/aromatic N) is 5. The number of carbonyl (C=O) groups is 1. The van der Waals surface area contributed by atoms with Gasteiger partial charge in [0.15, 0.2) is 11.6 Å². The number of aliphatic imine (C=N–C) groups is 1. The highest BCUT2D eigenvalue weighted by atomic mass is 16.5. The fourth-order valence-electron chi connectivity index (χ4n) is 4.73. The van der Waals surface area contributed by atoms with Crippen molar-refractivity contribution in [3.05, 3.63) is 72.6 Å². The highest BCUT2D eigenvalue weighted by Crippen LogP contribution is 2.34. The van der Waals surface area contributed by atoms with E-state index >= 15 is 0 Å². The summed E-state index contributed by atoms with van der Waals surface area (Å²) in [6.07, 6.45) is 5.76. The van der Waals surface area contributed by atoms with Crippen molar-refractivity contribution in [3.8, 4) is 23.1 Å². The zero-order valence-electron chi connectivity index (χ0n) is 23.8. The van der Waals surface area contributed by atoms with E-state index in [4.69, 9.17) is 24.9 Å². The summed E-state index contributed by atoms with van der Waals surface area (Å²) in [4.78, 5) is 31.3. The van der Waals surface area contributed by atoms with Gasteiger partial charge in [0.05, 0.1) is 12.6 Å². The van der Waals surface area contributed by atoms with Crippen molar-refractivity contribution < 1.29 is 19.0 Å². The van der Waals surface area contributed by atoms with Crippen LogP contribution in [0.4, 0.5) is 17.2 Å². The normalized spacial score (nSPS) is 13.7. The Morgan fingerprint density at radius 3 is 2.64 bits per heavy atom. The van der Waals surface area contributed by atoms with E-state index in [2.05, 4.69) is 26.9 Å². The van der Waals surface area contributed by atoms with Gasteiger partial charge in [0, 0.05) is 68.3 Å². The first-order chi connectivity index (χ1) is 20.4. The number of benzene rings is 2. The minimum Gasteiger partial charge on any atom is -0.491 e. The lowest BCUT2D eigenvalue weighted by Crippen LogP contribution is -2.41. The van der Waals surface area contributed by atoms with E-state index < -0.39 is 0 Å². The second-order valence-corrected chi connectivity index (χ2v) is 9.82. The number of ether oxygens (including phenoxy) is 3. The molecule has 5 rings (SSSR count). The fraction of sp³-hybridized carbons (Fsp3) is 0.258. The highest BCUT2D eigenvalue weighted by molar-refractivity contribution is 5.89. The number of piperidine rings is 1. The number of rotatable bonds is 9. The minimum absolute atomic E-state index is 0.0706. The molecule has 2 aromatic carbocycles. The van der Waals surface area contributed by atoms with Crippen molar-refractivity contribution in [2.45, 2.75) is 25.9 Å². The SMILES string of the molecule is C=CC(=O)N1CCC(Oc2nc3c(Nc4ccc(Oc5ccc(C=NC)c(N)c5)c(C)c4)ncnc3cc2OC)CC1. The number of methoxy groups -OCH3 is 1. The van der Waals surface area contributed by atoms with Crippen molar-refractivity contribution >= 4 is 40.3 Å². The molecular formula is C31H33N7O4. The Kier molecular flexibility index (Phi) is 8.47. The zero-order chi connectivity index (χ0) is 29.6. The highest BCUT2D eigenvalue weighted by Gasteiger charge is 2.25. The number of anilines is 3. The average molecular weight is 568 g/mol. The fourth-order valence-corrected chi connectivity index (χ4v) is 4.73. The number of fused-ring (bicyclic) bond motifs is 1. The molecule has 42 heavy (non-hydrogen) atoms. The van der Waals surface area contributed by atoms with Gasteiger partial charge in [-0.05, 0) is 48.9 Å². The monoisotopic (exact) mass is 567 g/mol. The molecule has 1 aliphatic heterocycles. The Hall–Kier alpha value is -5.19. The number of hydrogen-bond donors (Lipinski definition) is 2. The van der Waals surface area contributed by atoms with Crippen LogP contribution in [0.15, 0.2) is 66.4 Å². The molecule has 0 saturated carbocycles. The van der Waals surface area contributed by atoms with Gasteiger partial charge >= 0.3 is 0 Å². The first-order valence-corrected chi connectivity index (χ1v) is 13.5. The van der Waals surface area contributed by atoms with E-state index in [9.17, 15) is 4.79 Å². The van der Waals surface area contributed by atoms with Gasteiger partial charge in [-0.1, -0.05) is 6.58 Å². The molecule has 3 N–H and O–H groups in total. The van der Waals surface area contributed by atoms with Crippen LogP contribution in [0.25, 0.3) is 11.0 Å². The van der Waals surface area contributed by atoms with E-state index in [-0.39, 0.29) is 12.0 Å². The van der Waals surface area contributed by atoms with Crippen molar-refractivity contribution in [2.24, 2.45) is 4.99 Å². The van der Waals surface area contributed by atoms with E-state index in [1.54, 1.807) is 37.4 Å². The summed E-state index contributed by atoms with van der Waals surface area (Å²) in [7, 11) is 3.27. The first-order valence-electron chi connectivity index (χ1n) is 13.5.